The minimum atomic E-state index is 0.744. The predicted molar refractivity (Wildman–Crippen MR) is 80.8 cm³/mol. The minimum absolute atomic E-state index is 0.744. The predicted octanol–water partition coefficient (Wildman–Crippen LogP) is 2.23. The van der Waals surface area contributed by atoms with Gasteiger partial charge in [-0.2, -0.15) is 0 Å². The van der Waals surface area contributed by atoms with Crippen molar-refractivity contribution in [1.29, 1.82) is 0 Å². The van der Waals surface area contributed by atoms with E-state index >= 15 is 0 Å². The van der Waals surface area contributed by atoms with Crippen molar-refractivity contribution >= 4 is 5.82 Å². The first-order valence-corrected chi connectivity index (χ1v) is 7.14. The van der Waals surface area contributed by atoms with E-state index < -0.39 is 0 Å². The number of hydrogen-bond donors (Lipinski definition) is 1. The molecule has 0 amide bonds. The van der Waals surface area contributed by atoms with Gasteiger partial charge in [-0.25, -0.2) is 4.98 Å². The highest BCUT2D eigenvalue weighted by atomic mass is 16.5. The van der Waals surface area contributed by atoms with Crippen LogP contribution in [0.2, 0.25) is 0 Å². The van der Waals surface area contributed by atoms with Crippen molar-refractivity contribution in [1.82, 2.24) is 10.3 Å². The van der Waals surface area contributed by atoms with Gasteiger partial charge in [-0.1, -0.05) is 13.3 Å². The number of likely N-dealkylation sites (N-methyl/N-ethyl adjacent to an activating group) is 1. The second-order valence-corrected chi connectivity index (χ2v) is 4.72. The monoisotopic (exact) mass is 265 g/mol. The summed E-state index contributed by atoms with van der Waals surface area (Å²) in [6.45, 7) is 7.47. The number of ether oxygens (including phenoxy) is 1. The molecule has 108 valence electrons. The maximum absolute atomic E-state index is 5.40. The van der Waals surface area contributed by atoms with Gasteiger partial charge in [0.2, 0.25) is 0 Å². The SMILES string of the molecule is CCCc1cc(CNC)cc(N(C)CCOCC)n1. The maximum atomic E-state index is 5.40. The van der Waals surface area contributed by atoms with Gasteiger partial charge in [0.05, 0.1) is 6.61 Å². The molecule has 1 N–H and O–H groups in total. The van der Waals surface area contributed by atoms with Gasteiger partial charge in [0, 0.05) is 32.4 Å². The van der Waals surface area contributed by atoms with Crippen LogP contribution in [0.4, 0.5) is 5.82 Å². The lowest BCUT2D eigenvalue weighted by Crippen LogP contribution is -2.24. The number of anilines is 1. The second-order valence-electron chi connectivity index (χ2n) is 4.72. The van der Waals surface area contributed by atoms with Crippen molar-refractivity contribution in [2.24, 2.45) is 0 Å². The Kier molecular flexibility index (Phi) is 7.45. The average Bonchev–Trinajstić information content (AvgIpc) is 2.39. The zero-order valence-corrected chi connectivity index (χ0v) is 12.7. The molecule has 0 aliphatic heterocycles. The second kappa shape index (κ2) is 8.88. The first-order valence-electron chi connectivity index (χ1n) is 7.14. The summed E-state index contributed by atoms with van der Waals surface area (Å²) in [6.07, 6.45) is 2.15. The molecule has 0 spiro atoms. The van der Waals surface area contributed by atoms with E-state index in [4.69, 9.17) is 9.72 Å². The van der Waals surface area contributed by atoms with Crippen LogP contribution in [0.3, 0.4) is 0 Å². The average molecular weight is 265 g/mol. The zero-order chi connectivity index (χ0) is 14.1. The highest BCUT2D eigenvalue weighted by molar-refractivity contribution is 5.42. The summed E-state index contributed by atoms with van der Waals surface area (Å²) in [6, 6.07) is 4.35. The van der Waals surface area contributed by atoms with E-state index in [0.717, 1.165) is 45.0 Å². The van der Waals surface area contributed by atoms with E-state index in [2.05, 4.69) is 36.3 Å². The van der Waals surface area contributed by atoms with Gasteiger partial charge >= 0.3 is 0 Å². The van der Waals surface area contributed by atoms with Crippen LogP contribution < -0.4 is 10.2 Å². The Hall–Kier alpha value is -1.13. The zero-order valence-electron chi connectivity index (χ0n) is 12.7. The van der Waals surface area contributed by atoms with Crippen molar-refractivity contribution in [2.45, 2.75) is 33.2 Å². The number of nitrogens with one attached hydrogen (secondary N) is 1. The third-order valence-corrected chi connectivity index (χ3v) is 2.98. The van der Waals surface area contributed by atoms with Gasteiger partial charge in [0.15, 0.2) is 0 Å². The molecule has 0 fully saturated rings. The van der Waals surface area contributed by atoms with Gasteiger partial charge in [-0.05, 0) is 38.1 Å². The van der Waals surface area contributed by atoms with Crippen LogP contribution in [0.25, 0.3) is 0 Å². The maximum Gasteiger partial charge on any atom is 0.128 e. The Morgan fingerprint density at radius 3 is 2.74 bits per heavy atom. The molecule has 0 aliphatic rings. The first-order chi connectivity index (χ1) is 9.21. The fraction of sp³-hybridized carbons (Fsp3) is 0.667. The lowest BCUT2D eigenvalue weighted by molar-refractivity contribution is 0.154. The molecule has 0 aromatic carbocycles. The smallest absolute Gasteiger partial charge is 0.128 e. The molecule has 0 unspecified atom stereocenters. The Labute approximate surface area is 117 Å². The largest absolute Gasteiger partial charge is 0.380 e. The molecular weight excluding hydrogens is 238 g/mol. The van der Waals surface area contributed by atoms with Crippen LogP contribution in [0.15, 0.2) is 12.1 Å². The lowest BCUT2D eigenvalue weighted by Gasteiger charge is -2.20. The summed E-state index contributed by atoms with van der Waals surface area (Å²) in [5, 5.41) is 3.20. The number of aryl methyl sites for hydroxylation is 1. The number of hydrogen-bond acceptors (Lipinski definition) is 4. The van der Waals surface area contributed by atoms with Crippen LogP contribution in [-0.4, -0.2) is 38.8 Å². The Morgan fingerprint density at radius 2 is 2.11 bits per heavy atom. The van der Waals surface area contributed by atoms with Crippen molar-refractivity contribution in [2.75, 3.05) is 38.8 Å². The molecule has 0 atom stereocenters. The summed E-state index contributed by atoms with van der Waals surface area (Å²) >= 11 is 0. The molecular formula is C15H27N3O. The van der Waals surface area contributed by atoms with E-state index in [1.807, 2.05) is 14.0 Å². The van der Waals surface area contributed by atoms with Crippen LogP contribution in [-0.2, 0) is 17.7 Å². The molecule has 1 aromatic rings. The molecule has 4 nitrogen and oxygen atoms in total. The molecule has 0 saturated heterocycles. The van der Waals surface area contributed by atoms with Crippen molar-refractivity contribution in [3.8, 4) is 0 Å². The molecule has 4 heteroatoms. The quantitative estimate of drug-likeness (QED) is 0.695. The van der Waals surface area contributed by atoms with Gasteiger partial charge < -0.3 is 15.0 Å². The molecule has 0 bridgehead atoms. The van der Waals surface area contributed by atoms with Gasteiger partial charge in [-0.15, -0.1) is 0 Å². The Balaban J connectivity index is 2.78. The fourth-order valence-corrected chi connectivity index (χ4v) is 1.98. The summed E-state index contributed by atoms with van der Waals surface area (Å²) in [7, 11) is 4.04. The lowest BCUT2D eigenvalue weighted by atomic mass is 10.1. The van der Waals surface area contributed by atoms with E-state index in [0.29, 0.717) is 0 Å². The fourth-order valence-electron chi connectivity index (χ4n) is 1.98. The highest BCUT2D eigenvalue weighted by Crippen LogP contribution is 2.15. The van der Waals surface area contributed by atoms with Crippen molar-refractivity contribution < 1.29 is 4.74 Å². The summed E-state index contributed by atoms with van der Waals surface area (Å²) in [5.41, 5.74) is 2.47. The number of aromatic nitrogens is 1. The highest BCUT2D eigenvalue weighted by Gasteiger charge is 2.06. The van der Waals surface area contributed by atoms with E-state index in [9.17, 15) is 0 Å². The Morgan fingerprint density at radius 1 is 1.32 bits per heavy atom. The molecule has 19 heavy (non-hydrogen) atoms. The van der Waals surface area contributed by atoms with Crippen LogP contribution in [0, 0.1) is 0 Å². The summed E-state index contributed by atoms with van der Waals surface area (Å²) < 4.78 is 5.40. The van der Waals surface area contributed by atoms with Crippen molar-refractivity contribution in [3.63, 3.8) is 0 Å². The number of pyridine rings is 1. The summed E-state index contributed by atoms with van der Waals surface area (Å²) in [4.78, 5) is 6.89. The topological polar surface area (TPSA) is 37.4 Å². The van der Waals surface area contributed by atoms with E-state index in [1.165, 1.54) is 11.3 Å². The molecule has 1 heterocycles. The molecule has 0 radical (unpaired) electrons. The molecule has 0 aliphatic carbocycles. The molecule has 0 saturated carbocycles. The third-order valence-electron chi connectivity index (χ3n) is 2.98. The van der Waals surface area contributed by atoms with E-state index in [-0.39, 0.29) is 0 Å². The number of nitrogens with zero attached hydrogens (tertiary/aromatic N) is 2. The van der Waals surface area contributed by atoms with Gasteiger partial charge in [0.1, 0.15) is 5.82 Å². The number of rotatable bonds is 9. The van der Waals surface area contributed by atoms with Crippen molar-refractivity contribution in [3.05, 3.63) is 23.4 Å². The third kappa shape index (κ3) is 5.57. The summed E-state index contributed by atoms with van der Waals surface area (Å²) in [5.74, 6) is 1.04. The van der Waals surface area contributed by atoms with Crippen LogP contribution in [0.5, 0.6) is 0 Å². The van der Waals surface area contributed by atoms with Crippen LogP contribution in [0.1, 0.15) is 31.5 Å². The molecule has 1 rings (SSSR count). The minimum Gasteiger partial charge on any atom is -0.380 e. The van der Waals surface area contributed by atoms with Gasteiger partial charge in [-0.3, -0.25) is 0 Å². The van der Waals surface area contributed by atoms with Crippen LogP contribution >= 0.6 is 0 Å². The van der Waals surface area contributed by atoms with Gasteiger partial charge in [0.25, 0.3) is 0 Å². The van der Waals surface area contributed by atoms with E-state index in [1.54, 1.807) is 0 Å². The first kappa shape index (κ1) is 15.9. The standard InChI is InChI=1S/C15H27N3O/c1-5-7-14-10-13(12-16-3)11-15(17-14)18(4)8-9-19-6-2/h10-11,16H,5-9,12H2,1-4H3. The normalized spacial score (nSPS) is 10.7. The molecule has 1 aromatic heterocycles. The Bertz CT molecular complexity index is 344.